The van der Waals surface area contributed by atoms with Crippen LogP contribution in [-0.4, -0.2) is 24.7 Å². The molecule has 1 saturated heterocycles. The second kappa shape index (κ2) is 3.58. The van der Waals surface area contributed by atoms with Gasteiger partial charge >= 0.3 is 0 Å². The first kappa shape index (κ1) is 9.47. The molecule has 0 aromatic heterocycles. The largest absolute Gasteiger partial charge is 0.313 e. The van der Waals surface area contributed by atoms with E-state index in [2.05, 4.69) is 24.5 Å². The van der Waals surface area contributed by atoms with Crippen LogP contribution >= 0.6 is 0 Å². The van der Waals surface area contributed by atoms with Gasteiger partial charge in [-0.3, -0.25) is 0 Å². The topological polar surface area (TPSA) is 24.1 Å². The lowest BCUT2D eigenvalue weighted by atomic mass is 9.80. The molecular formula is C11H22N2. The fraction of sp³-hybridized carbons (Fsp3) is 1.00. The predicted octanol–water partition coefficient (Wildman–Crippen LogP) is 1.52. The van der Waals surface area contributed by atoms with Crippen molar-refractivity contribution >= 4 is 0 Å². The van der Waals surface area contributed by atoms with Gasteiger partial charge in [0.1, 0.15) is 0 Å². The van der Waals surface area contributed by atoms with E-state index in [1.807, 2.05) is 0 Å². The molecule has 0 aromatic rings. The van der Waals surface area contributed by atoms with Crippen molar-refractivity contribution in [2.45, 2.75) is 51.1 Å². The van der Waals surface area contributed by atoms with Crippen molar-refractivity contribution in [3.8, 4) is 0 Å². The summed E-state index contributed by atoms with van der Waals surface area (Å²) in [6.07, 6.45) is 5.79. The van der Waals surface area contributed by atoms with Crippen LogP contribution in [0.25, 0.3) is 0 Å². The first-order valence-corrected chi connectivity index (χ1v) is 5.64. The van der Waals surface area contributed by atoms with E-state index in [1.54, 1.807) is 0 Å². The minimum absolute atomic E-state index is 0.298. The monoisotopic (exact) mass is 182 g/mol. The summed E-state index contributed by atoms with van der Waals surface area (Å²) in [6.45, 7) is 6.84. The molecule has 2 heteroatoms. The molecule has 1 atom stereocenters. The lowest BCUT2D eigenvalue weighted by molar-refractivity contribution is 0.197. The maximum Gasteiger partial charge on any atom is 0.0252 e. The quantitative estimate of drug-likeness (QED) is 0.676. The van der Waals surface area contributed by atoms with Crippen molar-refractivity contribution in [1.82, 2.24) is 10.6 Å². The lowest BCUT2D eigenvalue weighted by Gasteiger charge is -2.40. The van der Waals surface area contributed by atoms with E-state index in [-0.39, 0.29) is 0 Å². The summed E-state index contributed by atoms with van der Waals surface area (Å²) in [6, 6.07) is 0.717. The number of piperazine rings is 1. The van der Waals surface area contributed by atoms with Crippen LogP contribution in [-0.2, 0) is 0 Å². The molecule has 1 aliphatic carbocycles. The summed E-state index contributed by atoms with van der Waals surface area (Å²) in [5, 5.41) is 7.25. The van der Waals surface area contributed by atoms with E-state index in [9.17, 15) is 0 Å². The molecule has 0 radical (unpaired) electrons. The highest BCUT2D eigenvalue weighted by Crippen LogP contribution is 2.31. The summed E-state index contributed by atoms with van der Waals surface area (Å²) >= 11 is 0. The van der Waals surface area contributed by atoms with Crippen molar-refractivity contribution in [2.75, 3.05) is 13.1 Å². The van der Waals surface area contributed by atoms with Gasteiger partial charge in [0.05, 0.1) is 0 Å². The molecule has 2 N–H and O–H groups in total. The Morgan fingerprint density at radius 2 is 2.08 bits per heavy atom. The highest BCUT2D eigenvalue weighted by molar-refractivity contribution is 4.92. The molecule has 2 fully saturated rings. The van der Waals surface area contributed by atoms with Gasteiger partial charge in [-0.1, -0.05) is 19.3 Å². The van der Waals surface area contributed by atoms with Gasteiger partial charge in [-0.2, -0.15) is 0 Å². The van der Waals surface area contributed by atoms with E-state index in [4.69, 9.17) is 0 Å². The molecule has 2 aliphatic rings. The van der Waals surface area contributed by atoms with E-state index in [0.717, 1.165) is 12.5 Å². The first-order chi connectivity index (χ1) is 6.16. The summed E-state index contributed by atoms with van der Waals surface area (Å²) in [5.74, 6) is 1.02. The minimum atomic E-state index is 0.298. The zero-order valence-corrected chi connectivity index (χ0v) is 8.90. The lowest BCUT2D eigenvalue weighted by Crippen LogP contribution is -2.61. The van der Waals surface area contributed by atoms with Crippen LogP contribution in [0, 0.1) is 5.92 Å². The van der Waals surface area contributed by atoms with Crippen molar-refractivity contribution < 1.29 is 0 Å². The zero-order chi connectivity index (χ0) is 9.31. The van der Waals surface area contributed by atoms with E-state index < -0.39 is 0 Å². The number of nitrogens with one attached hydrogen (secondary N) is 2. The van der Waals surface area contributed by atoms with Gasteiger partial charge in [-0.25, -0.2) is 0 Å². The van der Waals surface area contributed by atoms with Gasteiger partial charge in [0, 0.05) is 24.7 Å². The van der Waals surface area contributed by atoms with Crippen molar-refractivity contribution in [3.05, 3.63) is 0 Å². The maximum absolute atomic E-state index is 3.73. The van der Waals surface area contributed by atoms with Crippen LogP contribution in [0.4, 0.5) is 0 Å². The zero-order valence-electron chi connectivity index (χ0n) is 8.90. The van der Waals surface area contributed by atoms with Crippen molar-refractivity contribution in [1.29, 1.82) is 0 Å². The Balaban J connectivity index is 1.78. The Labute approximate surface area is 81.5 Å². The third kappa shape index (κ3) is 2.44. The Morgan fingerprint density at radius 1 is 1.31 bits per heavy atom. The fourth-order valence-corrected chi connectivity index (χ4v) is 2.49. The second-order valence-electron chi connectivity index (χ2n) is 5.39. The second-order valence-corrected chi connectivity index (χ2v) is 5.39. The summed E-state index contributed by atoms with van der Waals surface area (Å²) in [7, 11) is 0. The maximum atomic E-state index is 3.73. The molecule has 0 aromatic carbocycles. The smallest absolute Gasteiger partial charge is 0.0252 e. The normalized spacial score (nSPS) is 34.2. The van der Waals surface area contributed by atoms with Crippen molar-refractivity contribution in [3.63, 3.8) is 0 Å². The van der Waals surface area contributed by atoms with E-state index in [0.29, 0.717) is 11.6 Å². The molecule has 1 saturated carbocycles. The minimum Gasteiger partial charge on any atom is -0.313 e. The molecule has 2 nitrogen and oxygen atoms in total. The fourth-order valence-electron chi connectivity index (χ4n) is 2.49. The molecule has 76 valence electrons. The molecule has 0 amide bonds. The SMILES string of the molecule is CC1(C)CNCC(CC2CCC2)N1. The standard InChI is InChI=1S/C11H22N2/c1-11(2)8-12-7-10(13-11)6-9-4-3-5-9/h9-10,12-13H,3-8H2,1-2H3. The molecule has 2 rings (SSSR count). The average Bonchev–Trinajstić information content (AvgIpc) is 1.95. The number of hydrogen-bond donors (Lipinski definition) is 2. The van der Waals surface area contributed by atoms with Gasteiger partial charge in [-0.05, 0) is 26.2 Å². The molecule has 1 unspecified atom stereocenters. The summed E-state index contributed by atoms with van der Waals surface area (Å²) < 4.78 is 0. The van der Waals surface area contributed by atoms with Crippen LogP contribution in [0.15, 0.2) is 0 Å². The molecule has 0 bridgehead atoms. The third-order valence-corrected chi connectivity index (χ3v) is 3.40. The molecule has 0 spiro atoms. The summed E-state index contributed by atoms with van der Waals surface area (Å²) in [5.41, 5.74) is 0.298. The third-order valence-electron chi connectivity index (χ3n) is 3.40. The Kier molecular flexibility index (Phi) is 2.61. The van der Waals surface area contributed by atoms with Gasteiger partial charge in [0.25, 0.3) is 0 Å². The number of hydrogen-bond acceptors (Lipinski definition) is 2. The van der Waals surface area contributed by atoms with Gasteiger partial charge < -0.3 is 10.6 Å². The Morgan fingerprint density at radius 3 is 2.62 bits per heavy atom. The molecule has 1 heterocycles. The molecule has 13 heavy (non-hydrogen) atoms. The van der Waals surface area contributed by atoms with Gasteiger partial charge in [-0.15, -0.1) is 0 Å². The highest BCUT2D eigenvalue weighted by Gasteiger charge is 2.29. The van der Waals surface area contributed by atoms with Crippen molar-refractivity contribution in [2.24, 2.45) is 5.92 Å². The van der Waals surface area contributed by atoms with Crippen LogP contribution < -0.4 is 10.6 Å². The summed E-state index contributed by atoms with van der Waals surface area (Å²) in [4.78, 5) is 0. The van der Waals surface area contributed by atoms with Crippen LogP contribution in [0.2, 0.25) is 0 Å². The highest BCUT2D eigenvalue weighted by atomic mass is 15.1. The van der Waals surface area contributed by atoms with Crippen LogP contribution in [0.1, 0.15) is 39.5 Å². The van der Waals surface area contributed by atoms with Crippen LogP contribution in [0.3, 0.4) is 0 Å². The van der Waals surface area contributed by atoms with Gasteiger partial charge in [0.2, 0.25) is 0 Å². The van der Waals surface area contributed by atoms with E-state index in [1.165, 1.54) is 32.2 Å². The van der Waals surface area contributed by atoms with Crippen LogP contribution in [0.5, 0.6) is 0 Å². The Bertz CT molecular complexity index is 173. The Hall–Kier alpha value is -0.0800. The van der Waals surface area contributed by atoms with Gasteiger partial charge in [0.15, 0.2) is 0 Å². The molecular weight excluding hydrogens is 160 g/mol. The van der Waals surface area contributed by atoms with E-state index >= 15 is 0 Å². The average molecular weight is 182 g/mol. The molecule has 1 aliphatic heterocycles. The predicted molar refractivity (Wildman–Crippen MR) is 55.8 cm³/mol. The number of rotatable bonds is 2. The first-order valence-electron chi connectivity index (χ1n) is 5.64.